The summed E-state index contributed by atoms with van der Waals surface area (Å²) < 4.78 is 0. The Hall–Kier alpha value is -0.940. The largest absolute Gasteiger partial charge is 0.336 e. The van der Waals surface area contributed by atoms with Gasteiger partial charge in [-0.05, 0) is 29.0 Å². The number of hydrogen-bond acceptors (Lipinski definition) is 4. The number of rotatable bonds is 2. The van der Waals surface area contributed by atoms with Gasteiger partial charge in [-0.15, -0.1) is 11.3 Å². The van der Waals surface area contributed by atoms with Crippen molar-refractivity contribution in [1.29, 1.82) is 0 Å². The van der Waals surface area contributed by atoms with E-state index in [1.165, 1.54) is 10.4 Å². The van der Waals surface area contributed by atoms with E-state index in [1.54, 1.807) is 0 Å². The Morgan fingerprint density at radius 1 is 1.35 bits per heavy atom. The Morgan fingerprint density at radius 3 is 2.94 bits per heavy atom. The highest BCUT2D eigenvalue weighted by atomic mass is 79.9. The molecule has 3 nitrogen and oxygen atoms in total. The summed E-state index contributed by atoms with van der Waals surface area (Å²) in [5, 5.41) is 2.98. The van der Waals surface area contributed by atoms with Gasteiger partial charge in [-0.1, -0.05) is 15.9 Å². The Morgan fingerprint density at radius 2 is 2.18 bits per heavy atom. The van der Waals surface area contributed by atoms with Crippen molar-refractivity contribution in [3.05, 3.63) is 39.8 Å². The second-order valence-electron chi connectivity index (χ2n) is 4.07. The summed E-state index contributed by atoms with van der Waals surface area (Å²) in [7, 11) is 0. The summed E-state index contributed by atoms with van der Waals surface area (Å²) >= 11 is 5.26. The third kappa shape index (κ3) is 2.21. The molecule has 0 radical (unpaired) electrons. The Balaban J connectivity index is 1.81. The van der Waals surface area contributed by atoms with E-state index in [0.29, 0.717) is 0 Å². The molecule has 0 aliphatic carbocycles. The van der Waals surface area contributed by atoms with Crippen molar-refractivity contribution in [2.75, 3.05) is 11.4 Å². The summed E-state index contributed by atoms with van der Waals surface area (Å²) in [6.07, 6.45) is 4.89. The van der Waals surface area contributed by atoms with Gasteiger partial charge in [0.25, 0.3) is 0 Å². The fourth-order valence-corrected chi connectivity index (χ4v) is 3.18. The summed E-state index contributed by atoms with van der Waals surface area (Å²) in [5.74, 6) is 0.839. The van der Waals surface area contributed by atoms with Crippen LogP contribution in [0.2, 0.25) is 0 Å². The van der Waals surface area contributed by atoms with Crippen LogP contribution in [-0.4, -0.2) is 16.5 Å². The van der Waals surface area contributed by atoms with E-state index in [1.807, 2.05) is 23.7 Å². The van der Waals surface area contributed by atoms with Crippen LogP contribution in [0.3, 0.4) is 0 Å². The van der Waals surface area contributed by atoms with Crippen LogP contribution in [0.5, 0.6) is 0 Å². The van der Waals surface area contributed by atoms with Crippen LogP contribution in [0.4, 0.5) is 5.95 Å². The lowest BCUT2D eigenvalue weighted by molar-refractivity contribution is 0.717. The van der Waals surface area contributed by atoms with Crippen molar-refractivity contribution in [3.8, 4) is 0 Å². The molecule has 5 heteroatoms. The molecule has 3 rings (SSSR count). The molecule has 88 valence electrons. The molecule has 0 saturated carbocycles. The van der Waals surface area contributed by atoms with Gasteiger partial charge in [-0.3, -0.25) is 0 Å². The first-order valence-corrected chi connectivity index (χ1v) is 7.54. The first-order chi connectivity index (χ1) is 8.36. The van der Waals surface area contributed by atoms with Gasteiger partial charge in [-0.2, -0.15) is 0 Å². The molecule has 2 aromatic rings. The van der Waals surface area contributed by atoms with Crippen molar-refractivity contribution in [2.45, 2.75) is 18.3 Å². The molecule has 0 unspecified atom stereocenters. The zero-order valence-corrected chi connectivity index (χ0v) is 11.7. The minimum absolute atomic E-state index is 0.807. The maximum atomic E-state index is 4.42. The van der Waals surface area contributed by atoms with E-state index < -0.39 is 0 Å². The molecule has 1 aliphatic heterocycles. The van der Waals surface area contributed by atoms with Crippen LogP contribution >= 0.6 is 27.3 Å². The highest BCUT2D eigenvalue weighted by molar-refractivity contribution is 9.08. The maximum Gasteiger partial charge on any atom is 0.225 e. The number of hydrogen-bond donors (Lipinski definition) is 0. The van der Waals surface area contributed by atoms with E-state index in [2.05, 4.69) is 42.2 Å². The Bertz CT molecular complexity index is 509. The number of aromatic nitrogens is 2. The van der Waals surface area contributed by atoms with E-state index in [4.69, 9.17) is 0 Å². The monoisotopic (exact) mass is 309 g/mol. The number of anilines is 1. The molecule has 17 heavy (non-hydrogen) atoms. The summed E-state index contributed by atoms with van der Waals surface area (Å²) in [5.41, 5.74) is 2.54. The van der Waals surface area contributed by atoms with Crippen LogP contribution in [0.25, 0.3) is 0 Å². The van der Waals surface area contributed by atoms with E-state index in [-0.39, 0.29) is 0 Å². The van der Waals surface area contributed by atoms with Gasteiger partial charge in [0.2, 0.25) is 5.95 Å². The van der Waals surface area contributed by atoms with Crippen LogP contribution < -0.4 is 4.90 Å². The predicted molar refractivity (Wildman–Crippen MR) is 73.7 cm³/mol. The minimum Gasteiger partial charge on any atom is -0.336 e. The number of nitrogens with zero attached hydrogens (tertiary/aromatic N) is 3. The molecule has 0 fully saturated rings. The van der Waals surface area contributed by atoms with E-state index in [0.717, 1.165) is 36.4 Å². The molecule has 0 N–H and O–H groups in total. The number of thiophene rings is 1. The van der Waals surface area contributed by atoms with Crippen LogP contribution in [-0.2, 0) is 18.3 Å². The van der Waals surface area contributed by atoms with Gasteiger partial charge in [0, 0.05) is 35.7 Å². The van der Waals surface area contributed by atoms with E-state index >= 15 is 0 Å². The fourth-order valence-electron chi connectivity index (χ4n) is 2.00. The van der Waals surface area contributed by atoms with Gasteiger partial charge in [0.05, 0.1) is 0 Å². The molecule has 0 aromatic carbocycles. The van der Waals surface area contributed by atoms with Gasteiger partial charge in [-0.25, -0.2) is 9.97 Å². The summed E-state index contributed by atoms with van der Waals surface area (Å²) in [6.45, 7) is 1.95. The van der Waals surface area contributed by atoms with Gasteiger partial charge in [0.15, 0.2) is 0 Å². The van der Waals surface area contributed by atoms with E-state index in [9.17, 15) is 0 Å². The minimum atomic E-state index is 0.807. The van der Waals surface area contributed by atoms with Crippen molar-refractivity contribution in [1.82, 2.24) is 9.97 Å². The first-order valence-electron chi connectivity index (χ1n) is 5.54. The van der Waals surface area contributed by atoms with Crippen molar-refractivity contribution >= 4 is 33.2 Å². The summed E-state index contributed by atoms with van der Waals surface area (Å²) in [4.78, 5) is 12.6. The smallest absolute Gasteiger partial charge is 0.225 e. The van der Waals surface area contributed by atoms with Crippen LogP contribution in [0, 0.1) is 0 Å². The third-order valence-corrected chi connectivity index (χ3v) is 4.61. The van der Waals surface area contributed by atoms with Crippen molar-refractivity contribution < 1.29 is 0 Å². The average molecular weight is 310 g/mol. The highest BCUT2D eigenvalue weighted by Gasteiger charge is 2.18. The molecular formula is C12H12BrN3S. The average Bonchev–Trinajstić information content (AvgIpc) is 2.86. The topological polar surface area (TPSA) is 29.0 Å². The second kappa shape index (κ2) is 4.74. The standard InChI is InChI=1S/C12H12BrN3S/c13-5-9-6-14-12(15-7-9)16-3-1-11-10(8-16)2-4-17-11/h2,4,6-7H,1,3,5,8H2. The van der Waals surface area contributed by atoms with Gasteiger partial charge < -0.3 is 4.90 Å². The highest BCUT2D eigenvalue weighted by Crippen LogP contribution is 2.25. The predicted octanol–water partition coefficient (Wildman–Crippen LogP) is 3.00. The Kier molecular flexibility index (Phi) is 3.11. The van der Waals surface area contributed by atoms with Gasteiger partial charge >= 0.3 is 0 Å². The maximum absolute atomic E-state index is 4.42. The lowest BCUT2D eigenvalue weighted by atomic mass is 10.1. The number of alkyl halides is 1. The second-order valence-corrected chi connectivity index (χ2v) is 5.63. The molecule has 2 aromatic heterocycles. The number of halogens is 1. The third-order valence-electron chi connectivity index (χ3n) is 2.94. The normalized spacial score (nSPS) is 14.8. The zero-order chi connectivity index (χ0) is 11.7. The summed E-state index contributed by atoms with van der Waals surface area (Å²) in [6, 6.07) is 2.21. The molecule has 3 heterocycles. The lowest BCUT2D eigenvalue weighted by Crippen LogP contribution is -2.30. The fraction of sp³-hybridized carbons (Fsp3) is 0.333. The quantitative estimate of drug-likeness (QED) is 0.799. The SMILES string of the molecule is BrCc1cnc(N2CCc3sccc3C2)nc1. The molecule has 0 atom stereocenters. The lowest BCUT2D eigenvalue weighted by Gasteiger charge is -2.26. The van der Waals surface area contributed by atoms with Crippen LogP contribution in [0.1, 0.15) is 16.0 Å². The van der Waals surface area contributed by atoms with Crippen molar-refractivity contribution in [3.63, 3.8) is 0 Å². The molecule has 0 spiro atoms. The molecule has 0 amide bonds. The van der Waals surface area contributed by atoms with Crippen molar-refractivity contribution in [2.24, 2.45) is 0 Å². The molecule has 0 saturated heterocycles. The molecule has 0 bridgehead atoms. The first kappa shape index (κ1) is 11.2. The zero-order valence-electron chi connectivity index (χ0n) is 9.27. The Labute approximate surface area is 113 Å². The van der Waals surface area contributed by atoms with Crippen LogP contribution in [0.15, 0.2) is 23.8 Å². The van der Waals surface area contributed by atoms with Gasteiger partial charge in [0.1, 0.15) is 0 Å². The number of fused-ring (bicyclic) bond motifs is 1. The molecular weight excluding hydrogens is 298 g/mol. The molecule has 1 aliphatic rings.